The van der Waals surface area contributed by atoms with Gasteiger partial charge in [0.2, 0.25) is 0 Å². The maximum absolute atomic E-state index is 13.9. The maximum atomic E-state index is 13.9. The second kappa shape index (κ2) is 10.5. The number of nitrogen functional groups attached to an aromatic ring is 1. The van der Waals surface area contributed by atoms with Crippen LogP contribution in [0.15, 0.2) is 54.7 Å². The van der Waals surface area contributed by atoms with Crippen LogP contribution in [0.4, 0.5) is 14.6 Å². The molecule has 0 amide bonds. The standard InChI is InChI=1S/C25H27F2N3O2/c26-22-4-1-5-23(27)21(22)17-32-24-15-20(16-29-25(24)28)19-8-6-18(7-9-19)3-2-10-30-11-13-31-14-12-30/h1,4-9,15-16H,2-3,10-14,17H2,(H2,28,29). The molecule has 7 heteroatoms. The lowest BCUT2D eigenvalue weighted by Crippen LogP contribution is -2.36. The van der Waals surface area contributed by atoms with Crippen molar-refractivity contribution in [3.05, 3.63) is 77.5 Å². The highest BCUT2D eigenvalue weighted by Crippen LogP contribution is 2.28. The van der Waals surface area contributed by atoms with Gasteiger partial charge in [-0.05, 0) is 48.7 Å². The van der Waals surface area contributed by atoms with E-state index in [1.165, 1.54) is 23.8 Å². The molecule has 0 unspecified atom stereocenters. The molecule has 4 rings (SSSR count). The molecule has 0 radical (unpaired) electrons. The molecule has 32 heavy (non-hydrogen) atoms. The Bertz CT molecular complexity index is 1020. The number of nitrogens with two attached hydrogens (primary N) is 1. The summed E-state index contributed by atoms with van der Waals surface area (Å²) in [5.41, 5.74) is 8.84. The number of hydrogen-bond acceptors (Lipinski definition) is 5. The lowest BCUT2D eigenvalue weighted by Gasteiger charge is -2.26. The molecule has 2 heterocycles. The fraction of sp³-hybridized carbons (Fsp3) is 0.320. The van der Waals surface area contributed by atoms with Gasteiger partial charge in [-0.1, -0.05) is 30.3 Å². The topological polar surface area (TPSA) is 60.6 Å². The molecule has 1 fully saturated rings. The van der Waals surface area contributed by atoms with E-state index in [1.807, 2.05) is 12.1 Å². The van der Waals surface area contributed by atoms with Crippen LogP contribution in [0.1, 0.15) is 17.5 Å². The number of aromatic nitrogens is 1. The van der Waals surface area contributed by atoms with Crippen molar-refractivity contribution in [1.82, 2.24) is 9.88 Å². The quantitative estimate of drug-likeness (QED) is 0.562. The first kappa shape index (κ1) is 22.2. The summed E-state index contributed by atoms with van der Waals surface area (Å²) in [6.45, 7) is 4.48. The Morgan fingerprint density at radius 1 is 1.00 bits per heavy atom. The molecule has 0 aliphatic carbocycles. The summed E-state index contributed by atoms with van der Waals surface area (Å²) in [7, 11) is 0. The van der Waals surface area contributed by atoms with E-state index in [1.54, 1.807) is 12.3 Å². The highest BCUT2D eigenvalue weighted by Gasteiger charge is 2.12. The fourth-order valence-electron chi connectivity index (χ4n) is 3.74. The molecular weight excluding hydrogens is 412 g/mol. The summed E-state index contributed by atoms with van der Waals surface area (Å²) in [5, 5.41) is 0. The number of morpholine rings is 1. The van der Waals surface area contributed by atoms with E-state index in [9.17, 15) is 8.78 Å². The Labute approximate surface area is 186 Å². The van der Waals surface area contributed by atoms with Crippen LogP contribution in [0.3, 0.4) is 0 Å². The van der Waals surface area contributed by atoms with E-state index in [0.717, 1.165) is 56.8 Å². The summed E-state index contributed by atoms with van der Waals surface area (Å²) in [4.78, 5) is 6.62. The zero-order chi connectivity index (χ0) is 22.3. The van der Waals surface area contributed by atoms with Crippen LogP contribution in [-0.4, -0.2) is 42.7 Å². The second-order valence-electron chi connectivity index (χ2n) is 7.85. The Morgan fingerprint density at radius 3 is 2.44 bits per heavy atom. The number of nitrogens with zero attached hydrogens (tertiary/aromatic N) is 2. The summed E-state index contributed by atoms with van der Waals surface area (Å²) in [6, 6.07) is 13.8. The van der Waals surface area contributed by atoms with E-state index in [-0.39, 0.29) is 18.0 Å². The third kappa shape index (κ3) is 5.60. The lowest BCUT2D eigenvalue weighted by molar-refractivity contribution is 0.0375. The van der Waals surface area contributed by atoms with Crippen molar-refractivity contribution < 1.29 is 18.3 Å². The van der Waals surface area contributed by atoms with Crippen molar-refractivity contribution in [2.24, 2.45) is 0 Å². The second-order valence-corrected chi connectivity index (χ2v) is 7.85. The molecule has 1 aliphatic heterocycles. The minimum absolute atomic E-state index is 0.140. The van der Waals surface area contributed by atoms with Crippen molar-refractivity contribution in [2.45, 2.75) is 19.4 Å². The van der Waals surface area contributed by atoms with Gasteiger partial charge in [0.1, 0.15) is 18.2 Å². The average Bonchev–Trinajstić information content (AvgIpc) is 2.81. The largest absolute Gasteiger partial charge is 0.485 e. The minimum atomic E-state index is -0.656. The Kier molecular flexibility index (Phi) is 7.29. The van der Waals surface area contributed by atoms with Crippen molar-refractivity contribution >= 4 is 5.82 Å². The van der Waals surface area contributed by atoms with Crippen LogP contribution in [0, 0.1) is 11.6 Å². The van der Waals surface area contributed by atoms with Crippen molar-refractivity contribution in [1.29, 1.82) is 0 Å². The van der Waals surface area contributed by atoms with Gasteiger partial charge < -0.3 is 15.2 Å². The Balaban J connectivity index is 1.38. The highest BCUT2D eigenvalue weighted by atomic mass is 19.1. The van der Waals surface area contributed by atoms with Gasteiger partial charge >= 0.3 is 0 Å². The number of rotatable bonds is 8. The molecule has 1 saturated heterocycles. The first-order chi connectivity index (χ1) is 15.6. The SMILES string of the molecule is Nc1ncc(-c2ccc(CCCN3CCOCC3)cc2)cc1OCc1c(F)cccc1F. The van der Waals surface area contributed by atoms with E-state index in [2.05, 4.69) is 22.0 Å². The van der Waals surface area contributed by atoms with E-state index >= 15 is 0 Å². The van der Waals surface area contributed by atoms with Gasteiger partial charge in [0.25, 0.3) is 0 Å². The molecule has 1 aliphatic rings. The summed E-state index contributed by atoms with van der Waals surface area (Å²) < 4.78 is 38.7. The molecular formula is C25H27F2N3O2. The number of aryl methyl sites for hydroxylation is 1. The predicted molar refractivity (Wildman–Crippen MR) is 120 cm³/mol. The van der Waals surface area contributed by atoms with Gasteiger partial charge in [0.15, 0.2) is 11.6 Å². The van der Waals surface area contributed by atoms with Gasteiger partial charge in [-0.2, -0.15) is 0 Å². The van der Waals surface area contributed by atoms with Crippen molar-refractivity contribution in [3.8, 4) is 16.9 Å². The number of halogens is 2. The van der Waals surface area contributed by atoms with Crippen LogP contribution in [0.2, 0.25) is 0 Å². The number of benzene rings is 2. The number of anilines is 1. The zero-order valence-electron chi connectivity index (χ0n) is 17.9. The van der Waals surface area contributed by atoms with Crippen LogP contribution >= 0.6 is 0 Å². The molecule has 3 aromatic rings. The first-order valence-electron chi connectivity index (χ1n) is 10.8. The lowest BCUT2D eigenvalue weighted by atomic mass is 10.0. The number of pyridine rings is 1. The van der Waals surface area contributed by atoms with Gasteiger partial charge in [-0.25, -0.2) is 13.8 Å². The summed E-state index contributed by atoms with van der Waals surface area (Å²) in [6.07, 6.45) is 3.78. The molecule has 0 atom stereocenters. The van der Waals surface area contributed by atoms with Crippen LogP contribution in [0.5, 0.6) is 5.75 Å². The highest BCUT2D eigenvalue weighted by molar-refractivity contribution is 5.67. The molecule has 2 aromatic carbocycles. The molecule has 0 bridgehead atoms. The zero-order valence-corrected chi connectivity index (χ0v) is 17.9. The third-order valence-electron chi connectivity index (χ3n) is 5.65. The van der Waals surface area contributed by atoms with Crippen LogP contribution in [0.25, 0.3) is 11.1 Å². The van der Waals surface area contributed by atoms with Crippen molar-refractivity contribution in [2.75, 3.05) is 38.6 Å². The maximum Gasteiger partial charge on any atom is 0.166 e. The van der Waals surface area contributed by atoms with Crippen LogP contribution in [-0.2, 0) is 17.8 Å². The molecule has 5 nitrogen and oxygen atoms in total. The predicted octanol–water partition coefficient (Wildman–Crippen LogP) is 4.45. The summed E-state index contributed by atoms with van der Waals surface area (Å²) >= 11 is 0. The monoisotopic (exact) mass is 439 g/mol. The number of hydrogen-bond donors (Lipinski definition) is 1. The fourth-order valence-corrected chi connectivity index (χ4v) is 3.74. The van der Waals surface area contributed by atoms with E-state index < -0.39 is 11.6 Å². The normalized spacial score (nSPS) is 14.4. The van der Waals surface area contributed by atoms with Gasteiger partial charge in [0.05, 0.1) is 18.8 Å². The minimum Gasteiger partial charge on any atom is -0.485 e. The van der Waals surface area contributed by atoms with E-state index in [4.69, 9.17) is 15.2 Å². The Morgan fingerprint density at radius 2 is 1.72 bits per heavy atom. The third-order valence-corrected chi connectivity index (χ3v) is 5.65. The molecule has 168 valence electrons. The smallest absolute Gasteiger partial charge is 0.166 e. The Hall–Kier alpha value is -3.03. The van der Waals surface area contributed by atoms with Gasteiger partial charge in [-0.3, -0.25) is 4.90 Å². The average molecular weight is 440 g/mol. The van der Waals surface area contributed by atoms with Gasteiger partial charge in [-0.15, -0.1) is 0 Å². The molecule has 0 saturated carbocycles. The van der Waals surface area contributed by atoms with Gasteiger partial charge in [0, 0.05) is 24.8 Å². The molecule has 1 aromatic heterocycles. The summed E-state index contributed by atoms with van der Waals surface area (Å²) in [5.74, 6) is -0.848. The molecule has 2 N–H and O–H groups in total. The van der Waals surface area contributed by atoms with Crippen molar-refractivity contribution in [3.63, 3.8) is 0 Å². The molecule has 0 spiro atoms. The first-order valence-corrected chi connectivity index (χ1v) is 10.8. The van der Waals surface area contributed by atoms with E-state index in [0.29, 0.717) is 5.75 Å². The number of ether oxygens (including phenoxy) is 2. The van der Waals surface area contributed by atoms with Crippen LogP contribution < -0.4 is 10.5 Å².